The lowest BCUT2D eigenvalue weighted by Gasteiger charge is -2.30. The van der Waals surface area contributed by atoms with E-state index in [1.807, 2.05) is 30.3 Å². The minimum Gasteiger partial charge on any atom is -0.378 e. The van der Waals surface area contributed by atoms with E-state index in [9.17, 15) is 0 Å². The zero-order valence-corrected chi connectivity index (χ0v) is 13.8. The van der Waals surface area contributed by atoms with Gasteiger partial charge in [-0.05, 0) is 29.7 Å². The van der Waals surface area contributed by atoms with Gasteiger partial charge in [-0.1, -0.05) is 36.5 Å². The summed E-state index contributed by atoms with van der Waals surface area (Å²) in [5, 5.41) is 5.37. The van der Waals surface area contributed by atoms with E-state index >= 15 is 0 Å². The highest BCUT2D eigenvalue weighted by molar-refractivity contribution is 7.81. The number of hydrogen-bond donors (Lipinski definition) is 1. The second-order valence-corrected chi connectivity index (χ2v) is 6.35. The van der Waals surface area contributed by atoms with Crippen molar-refractivity contribution in [2.45, 2.75) is 0 Å². The molecular weight excluding hydrogens is 312 g/mol. The predicted molar refractivity (Wildman–Crippen MR) is 97.4 cm³/mol. The van der Waals surface area contributed by atoms with Gasteiger partial charge in [-0.2, -0.15) is 0 Å². The molecule has 0 amide bonds. The van der Waals surface area contributed by atoms with Crippen molar-refractivity contribution in [1.29, 1.82) is 0 Å². The van der Waals surface area contributed by atoms with Gasteiger partial charge in [0.25, 0.3) is 0 Å². The second kappa shape index (κ2) is 7.54. The summed E-state index contributed by atoms with van der Waals surface area (Å²) in [5.74, 6) is 0. The normalized spacial score (nSPS) is 15.6. The molecule has 0 spiro atoms. The van der Waals surface area contributed by atoms with Crippen molar-refractivity contribution in [1.82, 2.24) is 4.90 Å². The van der Waals surface area contributed by atoms with Crippen LogP contribution in [0.25, 0.3) is 5.70 Å². The monoisotopic (exact) mass is 330 g/mol. The van der Waals surface area contributed by atoms with Crippen LogP contribution in [0.4, 0.5) is 5.69 Å². The van der Waals surface area contributed by atoms with Gasteiger partial charge in [0.15, 0.2) is 0 Å². The van der Waals surface area contributed by atoms with Crippen molar-refractivity contribution in [3.8, 4) is 0 Å². The number of nitrogens with one attached hydrogen (secondary N) is 1. The Morgan fingerprint density at radius 3 is 2.59 bits per heavy atom. The lowest BCUT2D eigenvalue weighted by atomic mass is 10.2. The van der Waals surface area contributed by atoms with Crippen molar-refractivity contribution in [3.63, 3.8) is 0 Å². The van der Waals surface area contributed by atoms with E-state index in [1.54, 1.807) is 11.3 Å². The molecule has 2 heterocycles. The van der Waals surface area contributed by atoms with Crippen molar-refractivity contribution in [3.05, 3.63) is 58.8 Å². The van der Waals surface area contributed by atoms with E-state index in [-0.39, 0.29) is 0 Å². The molecule has 5 heteroatoms. The van der Waals surface area contributed by atoms with Gasteiger partial charge in [0, 0.05) is 18.8 Å². The summed E-state index contributed by atoms with van der Waals surface area (Å²) in [6, 6.07) is 14.2. The highest BCUT2D eigenvalue weighted by atomic mass is 32.1. The number of nitrogens with zero attached hydrogens (tertiary/aromatic N) is 1. The van der Waals surface area contributed by atoms with Crippen LogP contribution in [0.1, 0.15) is 4.88 Å². The number of para-hydroxylation sites is 1. The largest absolute Gasteiger partial charge is 0.378 e. The van der Waals surface area contributed by atoms with E-state index in [1.165, 1.54) is 10.6 Å². The Morgan fingerprint density at radius 1 is 1.14 bits per heavy atom. The minimum absolute atomic E-state index is 0.723. The van der Waals surface area contributed by atoms with Crippen molar-refractivity contribution >= 4 is 39.9 Å². The van der Waals surface area contributed by atoms with Gasteiger partial charge in [-0.25, -0.2) is 0 Å². The maximum Gasteiger partial charge on any atom is 0.105 e. The quantitative estimate of drug-likeness (QED) is 0.679. The fourth-order valence-electron chi connectivity index (χ4n) is 2.37. The molecule has 2 aromatic rings. The van der Waals surface area contributed by atoms with Crippen molar-refractivity contribution in [2.75, 3.05) is 31.6 Å². The number of benzene rings is 1. The molecule has 1 aromatic carbocycles. The van der Waals surface area contributed by atoms with Gasteiger partial charge >= 0.3 is 0 Å². The summed E-state index contributed by atoms with van der Waals surface area (Å²) < 4.78 is 5.45. The van der Waals surface area contributed by atoms with Crippen LogP contribution >= 0.6 is 23.6 Å². The van der Waals surface area contributed by atoms with E-state index in [2.05, 4.69) is 33.8 Å². The van der Waals surface area contributed by atoms with Crippen LogP contribution in [0.15, 0.2) is 53.9 Å². The molecule has 1 fully saturated rings. The predicted octanol–water partition coefficient (Wildman–Crippen LogP) is 3.86. The molecule has 3 nitrogen and oxygen atoms in total. The molecule has 1 aliphatic heterocycles. The molecular formula is C17H18N2OS2. The Labute approximate surface area is 140 Å². The second-order valence-electron chi connectivity index (χ2n) is 4.96. The Kier molecular flexibility index (Phi) is 5.21. The average molecular weight is 330 g/mol. The molecule has 3 rings (SSSR count). The minimum atomic E-state index is 0.723. The summed E-state index contributed by atoms with van der Waals surface area (Å²) in [5.41, 5.74) is 2.18. The van der Waals surface area contributed by atoms with Crippen LogP contribution in [0.5, 0.6) is 0 Å². The highest BCUT2D eigenvalue weighted by Gasteiger charge is 2.16. The summed E-state index contributed by atoms with van der Waals surface area (Å²) in [4.78, 5) is 4.30. The zero-order chi connectivity index (χ0) is 15.2. The number of rotatable bonds is 4. The number of morpholine rings is 1. The molecule has 0 aliphatic carbocycles. The molecule has 22 heavy (non-hydrogen) atoms. The molecule has 0 unspecified atom stereocenters. The molecule has 0 saturated carbocycles. The van der Waals surface area contributed by atoms with E-state index < -0.39 is 0 Å². The topological polar surface area (TPSA) is 24.5 Å². The highest BCUT2D eigenvalue weighted by Crippen LogP contribution is 2.25. The third-order valence-corrected chi connectivity index (χ3v) is 4.55. The maximum absolute atomic E-state index is 5.51. The average Bonchev–Trinajstić information content (AvgIpc) is 3.08. The standard InChI is InChI=1S/C17H18N2OS2/c21-17(18-14-5-2-1-3-6-14)13-15(16-7-4-12-22-16)19-8-10-20-11-9-19/h1-7,12-13H,8-11H2,(H,18,21)/b15-13-. The van der Waals surface area contributed by atoms with Gasteiger partial charge in [0.2, 0.25) is 0 Å². The van der Waals surface area contributed by atoms with Crippen LogP contribution in [0, 0.1) is 0 Å². The Hall–Kier alpha value is -1.69. The first kappa shape index (κ1) is 15.2. The number of thiophene rings is 1. The van der Waals surface area contributed by atoms with Crippen LogP contribution in [0.2, 0.25) is 0 Å². The zero-order valence-electron chi connectivity index (χ0n) is 12.2. The SMILES string of the molecule is S=C(/C=C(/c1cccs1)N1CCOCC1)Nc1ccccc1. The van der Waals surface area contributed by atoms with Crippen LogP contribution < -0.4 is 5.32 Å². The molecule has 0 atom stereocenters. The summed E-state index contributed by atoms with van der Waals surface area (Å²) in [6.07, 6.45) is 2.06. The van der Waals surface area contributed by atoms with Gasteiger partial charge < -0.3 is 15.0 Å². The first-order valence-electron chi connectivity index (χ1n) is 7.27. The first-order valence-corrected chi connectivity index (χ1v) is 8.56. The van der Waals surface area contributed by atoms with Crippen molar-refractivity contribution in [2.24, 2.45) is 0 Å². The van der Waals surface area contributed by atoms with Crippen LogP contribution in [-0.2, 0) is 4.74 Å². The van der Waals surface area contributed by atoms with E-state index in [4.69, 9.17) is 17.0 Å². The number of thiocarbonyl (C=S) groups is 1. The molecule has 114 valence electrons. The fourth-order valence-corrected chi connectivity index (χ4v) is 3.37. The summed E-state index contributed by atoms with van der Waals surface area (Å²) in [6.45, 7) is 3.33. The third kappa shape index (κ3) is 3.94. The van der Waals surface area contributed by atoms with Gasteiger partial charge in [0.1, 0.15) is 4.99 Å². The molecule has 0 bridgehead atoms. The van der Waals surface area contributed by atoms with Crippen LogP contribution in [0.3, 0.4) is 0 Å². The molecule has 1 saturated heterocycles. The summed E-state index contributed by atoms with van der Waals surface area (Å²) in [7, 11) is 0. The molecule has 1 aliphatic rings. The van der Waals surface area contributed by atoms with Gasteiger partial charge in [-0.3, -0.25) is 0 Å². The maximum atomic E-state index is 5.51. The molecule has 1 N–H and O–H groups in total. The van der Waals surface area contributed by atoms with E-state index in [0.717, 1.165) is 37.0 Å². The number of anilines is 1. The fraction of sp³-hybridized carbons (Fsp3) is 0.235. The lowest BCUT2D eigenvalue weighted by molar-refractivity contribution is 0.0641. The number of hydrogen-bond acceptors (Lipinski definition) is 4. The number of ether oxygens (including phenoxy) is 1. The smallest absolute Gasteiger partial charge is 0.105 e. The molecule has 0 radical (unpaired) electrons. The van der Waals surface area contributed by atoms with Gasteiger partial charge in [-0.15, -0.1) is 11.3 Å². The molecule has 1 aromatic heterocycles. The Balaban J connectivity index is 1.80. The van der Waals surface area contributed by atoms with Crippen molar-refractivity contribution < 1.29 is 4.74 Å². The third-order valence-electron chi connectivity index (χ3n) is 3.43. The lowest BCUT2D eigenvalue weighted by Crippen LogP contribution is -2.35. The first-order chi connectivity index (χ1) is 10.8. The van der Waals surface area contributed by atoms with E-state index in [0.29, 0.717) is 0 Å². The Morgan fingerprint density at radius 2 is 1.91 bits per heavy atom. The Bertz CT molecular complexity index is 632. The van der Waals surface area contributed by atoms with Gasteiger partial charge in [0.05, 0.1) is 23.8 Å². The van der Waals surface area contributed by atoms with Crippen LogP contribution in [-0.4, -0.2) is 36.2 Å². The summed E-state index contributed by atoms with van der Waals surface area (Å²) >= 11 is 7.25.